The minimum absolute atomic E-state index is 0.0732. The van der Waals surface area contributed by atoms with E-state index in [9.17, 15) is 9.90 Å². The number of aromatic nitrogens is 5. The second-order valence-electron chi connectivity index (χ2n) is 14.4. The lowest BCUT2D eigenvalue weighted by Crippen LogP contribution is -2.14. The third-order valence-corrected chi connectivity index (χ3v) is 10.3. The summed E-state index contributed by atoms with van der Waals surface area (Å²) in [6, 6.07) is 12.5. The number of aryl methyl sites for hydroxylation is 2. The maximum absolute atomic E-state index is 12.1. The van der Waals surface area contributed by atoms with Crippen molar-refractivity contribution in [3.8, 4) is 44.6 Å². The Balaban J connectivity index is 0.000000636. The third-order valence-electron chi connectivity index (χ3n) is 9.23. The maximum atomic E-state index is 12.1. The summed E-state index contributed by atoms with van der Waals surface area (Å²) in [6.45, 7) is 12.5. The Hall–Kier alpha value is -4.87. The highest BCUT2D eigenvalue weighted by Gasteiger charge is 2.25. The molecule has 53 heavy (non-hydrogen) atoms. The highest BCUT2D eigenvalue weighted by atomic mass is 32.1. The zero-order chi connectivity index (χ0) is 37.9. The van der Waals surface area contributed by atoms with Crippen LogP contribution in [0.2, 0.25) is 0 Å². The Morgan fingerprint density at radius 2 is 1.70 bits per heavy atom. The molecule has 0 aliphatic carbocycles. The van der Waals surface area contributed by atoms with Crippen LogP contribution in [0.4, 0.5) is 0 Å². The topological polar surface area (TPSA) is 132 Å². The van der Waals surface area contributed by atoms with Crippen LogP contribution < -0.4 is 9.47 Å². The molecule has 0 radical (unpaired) electrons. The summed E-state index contributed by atoms with van der Waals surface area (Å²) in [7, 11) is 1.93. The van der Waals surface area contributed by atoms with Gasteiger partial charge in [-0.2, -0.15) is 5.10 Å². The number of nitrogens with zero attached hydrogens (tertiary/aromatic N) is 5. The van der Waals surface area contributed by atoms with Gasteiger partial charge in [0.2, 0.25) is 0 Å². The molecule has 0 fully saturated rings. The molecule has 278 valence electrons. The van der Waals surface area contributed by atoms with Gasteiger partial charge in [-0.1, -0.05) is 32.8 Å². The fourth-order valence-corrected chi connectivity index (χ4v) is 7.99. The van der Waals surface area contributed by atoms with Gasteiger partial charge in [0.15, 0.2) is 0 Å². The van der Waals surface area contributed by atoms with E-state index in [1.54, 1.807) is 33.2 Å². The smallest absolute Gasteiger partial charge is 0.307 e. The Labute approximate surface area is 314 Å². The van der Waals surface area contributed by atoms with Crippen LogP contribution in [0.3, 0.4) is 0 Å². The van der Waals surface area contributed by atoms with E-state index >= 15 is 0 Å². The number of ether oxygens (including phenoxy) is 2. The predicted octanol–water partition coefficient (Wildman–Crippen LogP) is 9.53. The predicted molar refractivity (Wildman–Crippen MR) is 212 cm³/mol. The summed E-state index contributed by atoms with van der Waals surface area (Å²) in [5.74, 6) is 1.20. The Bertz CT molecular complexity index is 2250. The van der Waals surface area contributed by atoms with Crippen molar-refractivity contribution in [2.75, 3.05) is 13.2 Å². The molecule has 0 saturated carbocycles. The molecule has 2 N–H and O–H groups in total. The van der Waals surface area contributed by atoms with Gasteiger partial charge in [-0.3, -0.25) is 14.5 Å². The maximum Gasteiger partial charge on any atom is 0.307 e. The number of carboxylic acids is 1. The third kappa shape index (κ3) is 8.52. The van der Waals surface area contributed by atoms with Crippen LogP contribution in [0.5, 0.6) is 11.5 Å². The molecule has 10 nitrogen and oxygen atoms in total. The van der Waals surface area contributed by atoms with Gasteiger partial charge in [0.1, 0.15) is 22.2 Å². The van der Waals surface area contributed by atoms with Crippen LogP contribution in [0.25, 0.3) is 54.2 Å². The van der Waals surface area contributed by atoms with Gasteiger partial charge in [-0.25, -0.2) is 9.97 Å². The molecule has 2 aliphatic rings. The lowest BCUT2D eigenvalue weighted by atomic mass is 9.85. The average molecular weight is 736 g/mol. The van der Waals surface area contributed by atoms with Gasteiger partial charge in [-0.15, -0.1) is 11.3 Å². The summed E-state index contributed by atoms with van der Waals surface area (Å²) in [5, 5.41) is 24.6. The van der Waals surface area contributed by atoms with E-state index in [0.29, 0.717) is 30.5 Å². The second-order valence-corrected chi connectivity index (χ2v) is 15.4. The summed E-state index contributed by atoms with van der Waals surface area (Å²) in [4.78, 5) is 26.8. The number of benzene rings is 3. The lowest BCUT2D eigenvalue weighted by Gasteiger charge is -2.27. The fourth-order valence-electron chi connectivity index (χ4n) is 6.90. The monoisotopic (exact) mass is 735 g/mol. The number of hydrogen-bond donors (Lipinski definition) is 2. The molecule has 11 heteroatoms. The molecular formula is C42H49N5O5S. The number of aliphatic hydroxyl groups is 1. The number of rotatable bonds is 2. The SMILES string of the molecule is CC.CC(C)(C)O.Cc1cc2nc3sc2c(c1CC(=O)O)-c1ccc2c(c1)C(CCCCCOc1cc4c(cnn4C)cc1-c1cncc-3n1)CCO2. The second kappa shape index (κ2) is 16.0. The summed E-state index contributed by atoms with van der Waals surface area (Å²) >= 11 is 1.52. The van der Waals surface area contributed by atoms with Gasteiger partial charge in [0.05, 0.1) is 65.3 Å². The highest BCUT2D eigenvalue weighted by molar-refractivity contribution is 7.22. The quantitative estimate of drug-likeness (QED) is 0.178. The Morgan fingerprint density at radius 1 is 0.943 bits per heavy atom. The van der Waals surface area contributed by atoms with E-state index in [0.717, 1.165) is 97.5 Å². The van der Waals surface area contributed by atoms with Crippen molar-refractivity contribution in [1.29, 1.82) is 0 Å². The first-order chi connectivity index (χ1) is 25.4. The first-order valence-electron chi connectivity index (χ1n) is 18.5. The average Bonchev–Trinajstić information content (AvgIpc) is 3.72. The molecule has 6 aromatic rings. The molecule has 1 atom stereocenters. The molecule has 2 aliphatic heterocycles. The largest absolute Gasteiger partial charge is 0.493 e. The Kier molecular flexibility index (Phi) is 11.4. The van der Waals surface area contributed by atoms with Crippen molar-refractivity contribution in [3.05, 3.63) is 71.7 Å². The first-order valence-corrected chi connectivity index (χ1v) is 19.3. The summed E-state index contributed by atoms with van der Waals surface area (Å²) < 4.78 is 15.3. The number of carbonyl (C=O) groups is 1. The van der Waals surface area contributed by atoms with Crippen molar-refractivity contribution in [2.24, 2.45) is 7.05 Å². The Morgan fingerprint density at radius 3 is 2.47 bits per heavy atom. The minimum atomic E-state index is -0.861. The molecule has 6 bridgehead atoms. The van der Waals surface area contributed by atoms with Gasteiger partial charge in [0, 0.05) is 29.6 Å². The molecule has 1 unspecified atom stereocenters. The fraction of sp³-hybridized carbons (Fsp3) is 0.405. The van der Waals surface area contributed by atoms with Gasteiger partial charge < -0.3 is 19.7 Å². The standard InChI is InChI=1S/C36H33N5O4S.C4H10O.C2H6/c1-20-12-27-35-34(24(20)15-33(42)43)22-7-8-31-25(13-22)21(9-11-45-31)6-4-3-5-10-44-32-16-30-23(17-38-41(30)2)14-26(32)28-18-37-19-29(39-28)36(40-27)46-35;1-4(2,3)5;1-2/h7-8,12-14,16-19,21H,3-6,9-11,15H2,1-2H3,(H,42,43);5H,1-3H3;1-2H3. The van der Waals surface area contributed by atoms with Crippen molar-refractivity contribution < 1.29 is 24.5 Å². The van der Waals surface area contributed by atoms with E-state index < -0.39 is 11.6 Å². The van der Waals surface area contributed by atoms with Crippen LogP contribution >= 0.6 is 11.3 Å². The van der Waals surface area contributed by atoms with E-state index in [1.165, 1.54) is 16.9 Å². The van der Waals surface area contributed by atoms with E-state index in [2.05, 4.69) is 34.3 Å². The molecule has 3 aromatic heterocycles. The van der Waals surface area contributed by atoms with Crippen molar-refractivity contribution in [3.63, 3.8) is 0 Å². The molecule has 0 saturated heterocycles. The minimum Gasteiger partial charge on any atom is -0.493 e. The summed E-state index contributed by atoms with van der Waals surface area (Å²) in [6.07, 6.45) is 10.4. The number of hydrogen-bond acceptors (Lipinski definition) is 9. The van der Waals surface area contributed by atoms with Crippen LogP contribution in [0, 0.1) is 6.92 Å². The van der Waals surface area contributed by atoms with Crippen LogP contribution in [-0.4, -0.2) is 59.7 Å². The zero-order valence-electron chi connectivity index (χ0n) is 31.7. The van der Waals surface area contributed by atoms with E-state index in [-0.39, 0.29) is 6.42 Å². The molecule has 0 spiro atoms. The van der Waals surface area contributed by atoms with E-state index in [4.69, 9.17) is 24.5 Å². The van der Waals surface area contributed by atoms with E-state index in [1.807, 2.05) is 50.8 Å². The zero-order valence-corrected chi connectivity index (χ0v) is 32.5. The number of thiazole rings is 1. The van der Waals surface area contributed by atoms with Gasteiger partial charge in [-0.05, 0) is 99.4 Å². The first kappa shape index (κ1) is 37.9. The molecule has 0 amide bonds. The van der Waals surface area contributed by atoms with Crippen LogP contribution in [0.15, 0.2) is 55.0 Å². The number of fused-ring (bicyclic) bond motifs is 9. The van der Waals surface area contributed by atoms with Gasteiger partial charge in [0.25, 0.3) is 0 Å². The highest BCUT2D eigenvalue weighted by Crippen LogP contribution is 2.45. The van der Waals surface area contributed by atoms with Gasteiger partial charge >= 0.3 is 5.97 Å². The summed E-state index contributed by atoms with van der Waals surface area (Å²) in [5.41, 5.74) is 8.34. The molecular weight excluding hydrogens is 687 g/mol. The number of aliphatic carboxylic acids is 1. The van der Waals surface area contributed by atoms with Crippen molar-refractivity contribution >= 4 is 38.4 Å². The molecule has 5 heterocycles. The van der Waals surface area contributed by atoms with Crippen molar-refractivity contribution in [2.45, 2.75) is 91.6 Å². The molecule has 3 aromatic carbocycles. The normalized spacial score (nSPS) is 15.4. The number of carboxylic acid groups (broad SMARTS) is 1. The van der Waals surface area contributed by atoms with Crippen LogP contribution in [0.1, 0.15) is 89.3 Å². The van der Waals surface area contributed by atoms with Crippen LogP contribution in [-0.2, 0) is 18.3 Å². The molecule has 8 rings (SSSR count). The van der Waals surface area contributed by atoms with Crippen molar-refractivity contribution in [1.82, 2.24) is 24.7 Å². The lowest BCUT2D eigenvalue weighted by molar-refractivity contribution is -0.136.